The third kappa shape index (κ3) is 1.56. The number of hydrogen-bond donors (Lipinski definition) is 1. The van der Waals surface area contributed by atoms with E-state index in [-0.39, 0.29) is 11.3 Å². The van der Waals surface area contributed by atoms with Crippen LogP contribution in [0.1, 0.15) is 11.1 Å². The number of fused-ring (bicyclic) bond motifs is 1. The molecule has 0 atom stereocenters. The highest BCUT2D eigenvalue weighted by Gasteiger charge is 2.18. The van der Waals surface area contributed by atoms with Crippen molar-refractivity contribution in [2.24, 2.45) is 0 Å². The number of hydrogen-bond acceptors (Lipinski definition) is 4. The molecule has 0 heterocycles. The van der Waals surface area contributed by atoms with E-state index in [0.717, 1.165) is 5.56 Å². The molecular formula is C12H9N3O2. The minimum atomic E-state index is -0.498. The van der Waals surface area contributed by atoms with Gasteiger partial charge < -0.3 is 5.73 Å². The molecule has 0 aliphatic rings. The van der Waals surface area contributed by atoms with Gasteiger partial charge in [0.15, 0.2) is 0 Å². The van der Waals surface area contributed by atoms with Gasteiger partial charge in [0.1, 0.15) is 6.07 Å². The molecule has 0 aliphatic heterocycles. The summed E-state index contributed by atoms with van der Waals surface area (Å²) in [7, 11) is 0. The first-order valence-corrected chi connectivity index (χ1v) is 4.92. The molecule has 5 nitrogen and oxygen atoms in total. The Balaban J connectivity index is 3.08. The number of nitro benzene ring substituents is 1. The predicted octanol–water partition coefficient (Wildman–Crippen LogP) is 2.51. The van der Waals surface area contributed by atoms with Gasteiger partial charge in [0.2, 0.25) is 0 Å². The molecule has 2 aromatic carbocycles. The molecule has 0 unspecified atom stereocenters. The molecule has 2 aromatic rings. The number of anilines is 1. The fraction of sp³-hybridized carbons (Fsp3) is 0.0833. The van der Waals surface area contributed by atoms with Crippen molar-refractivity contribution >= 4 is 22.1 Å². The molecule has 0 saturated carbocycles. The number of nitro groups is 1. The Morgan fingerprint density at radius 2 is 2.00 bits per heavy atom. The van der Waals surface area contributed by atoms with Gasteiger partial charge in [-0.25, -0.2) is 0 Å². The van der Waals surface area contributed by atoms with Crippen LogP contribution in [0.4, 0.5) is 11.4 Å². The Hall–Kier alpha value is -2.61. The van der Waals surface area contributed by atoms with E-state index in [9.17, 15) is 10.1 Å². The van der Waals surface area contributed by atoms with Gasteiger partial charge in [0, 0.05) is 17.1 Å². The summed E-state index contributed by atoms with van der Waals surface area (Å²) in [6, 6.07) is 8.10. The largest absolute Gasteiger partial charge is 0.398 e. The summed E-state index contributed by atoms with van der Waals surface area (Å²) in [6.45, 7) is 1.81. The zero-order valence-electron chi connectivity index (χ0n) is 9.10. The van der Waals surface area contributed by atoms with Crippen molar-refractivity contribution in [3.05, 3.63) is 45.5 Å². The van der Waals surface area contributed by atoms with Crippen LogP contribution in [0.3, 0.4) is 0 Å². The second kappa shape index (κ2) is 3.76. The molecular weight excluding hydrogens is 218 g/mol. The summed E-state index contributed by atoms with van der Waals surface area (Å²) >= 11 is 0. The summed E-state index contributed by atoms with van der Waals surface area (Å²) in [4.78, 5) is 10.5. The SMILES string of the molecule is Cc1ccc(C#N)c2c([N+](=O)[O-])ccc(N)c12. The van der Waals surface area contributed by atoms with Gasteiger partial charge in [-0.3, -0.25) is 10.1 Å². The Bertz CT molecular complexity index is 663. The highest BCUT2D eigenvalue weighted by molar-refractivity contribution is 6.04. The van der Waals surface area contributed by atoms with Crippen LogP contribution in [0, 0.1) is 28.4 Å². The number of rotatable bonds is 1. The van der Waals surface area contributed by atoms with Crippen LogP contribution in [0.25, 0.3) is 10.8 Å². The maximum Gasteiger partial charge on any atom is 0.278 e. The van der Waals surface area contributed by atoms with Crippen LogP contribution in [0.5, 0.6) is 0 Å². The van der Waals surface area contributed by atoms with Gasteiger partial charge in [0.25, 0.3) is 5.69 Å². The zero-order valence-corrected chi connectivity index (χ0v) is 9.10. The molecule has 2 rings (SSSR count). The van der Waals surface area contributed by atoms with E-state index in [1.54, 1.807) is 12.1 Å². The van der Waals surface area contributed by atoms with Crippen LogP contribution in [-0.2, 0) is 0 Å². The lowest BCUT2D eigenvalue weighted by Crippen LogP contribution is -1.96. The number of nitrogen functional groups attached to an aromatic ring is 1. The Labute approximate surface area is 97.2 Å². The molecule has 5 heteroatoms. The van der Waals surface area contributed by atoms with Gasteiger partial charge in [-0.1, -0.05) is 6.07 Å². The van der Waals surface area contributed by atoms with Gasteiger partial charge in [-0.05, 0) is 24.6 Å². The van der Waals surface area contributed by atoms with Gasteiger partial charge in [-0.15, -0.1) is 0 Å². The fourth-order valence-electron chi connectivity index (χ4n) is 1.93. The van der Waals surface area contributed by atoms with Crippen LogP contribution in [-0.4, -0.2) is 4.92 Å². The first-order valence-electron chi connectivity index (χ1n) is 4.92. The monoisotopic (exact) mass is 227 g/mol. The molecule has 0 aromatic heterocycles. The van der Waals surface area contributed by atoms with E-state index in [1.807, 2.05) is 13.0 Å². The van der Waals surface area contributed by atoms with E-state index < -0.39 is 4.92 Å². The van der Waals surface area contributed by atoms with Crippen molar-refractivity contribution in [3.8, 4) is 6.07 Å². The van der Waals surface area contributed by atoms with Crippen LogP contribution in [0.15, 0.2) is 24.3 Å². The number of nitriles is 1. The molecule has 0 bridgehead atoms. The zero-order chi connectivity index (χ0) is 12.6. The quantitative estimate of drug-likeness (QED) is 0.460. The maximum atomic E-state index is 11.0. The number of benzene rings is 2. The number of nitrogens with zero attached hydrogens (tertiary/aromatic N) is 2. The van der Waals surface area contributed by atoms with Crippen molar-refractivity contribution in [2.75, 3.05) is 5.73 Å². The van der Waals surface area contributed by atoms with Crippen molar-refractivity contribution in [3.63, 3.8) is 0 Å². The number of non-ortho nitro benzene ring substituents is 1. The van der Waals surface area contributed by atoms with E-state index in [1.165, 1.54) is 12.1 Å². The van der Waals surface area contributed by atoms with E-state index in [4.69, 9.17) is 11.0 Å². The van der Waals surface area contributed by atoms with Gasteiger partial charge >= 0.3 is 0 Å². The molecule has 0 amide bonds. The number of nitrogens with two attached hydrogens (primary N) is 1. The van der Waals surface area contributed by atoms with Crippen LogP contribution < -0.4 is 5.73 Å². The summed E-state index contributed by atoms with van der Waals surface area (Å²) in [5.74, 6) is 0. The normalized spacial score (nSPS) is 10.1. The minimum Gasteiger partial charge on any atom is -0.398 e. The Morgan fingerprint density at radius 1 is 1.29 bits per heavy atom. The third-order valence-corrected chi connectivity index (χ3v) is 2.70. The smallest absolute Gasteiger partial charge is 0.278 e. The maximum absolute atomic E-state index is 11.0. The van der Waals surface area contributed by atoms with Crippen molar-refractivity contribution in [1.82, 2.24) is 0 Å². The van der Waals surface area contributed by atoms with Crippen molar-refractivity contribution in [2.45, 2.75) is 6.92 Å². The first-order chi connectivity index (χ1) is 8.06. The molecule has 0 spiro atoms. The molecule has 0 fully saturated rings. The highest BCUT2D eigenvalue weighted by Crippen LogP contribution is 2.34. The van der Waals surface area contributed by atoms with Gasteiger partial charge in [-0.2, -0.15) is 5.26 Å². The Morgan fingerprint density at radius 3 is 2.59 bits per heavy atom. The molecule has 17 heavy (non-hydrogen) atoms. The third-order valence-electron chi connectivity index (χ3n) is 2.70. The molecule has 0 aliphatic carbocycles. The van der Waals surface area contributed by atoms with E-state index >= 15 is 0 Å². The summed E-state index contributed by atoms with van der Waals surface area (Å²) in [6.07, 6.45) is 0. The van der Waals surface area contributed by atoms with Crippen LogP contribution in [0.2, 0.25) is 0 Å². The molecule has 0 radical (unpaired) electrons. The summed E-state index contributed by atoms with van der Waals surface area (Å²) in [5.41, 5.74) is 7.26. The van der Waals surface area contributed by atoms with E-state index in [2.05, 4.69) is 0 Å². The number of aryl methyl sites for hydroxylation is 1. The summed E-state index contributed by atoms with van der Waals surface area (Å²) in [5, 5.41) is 20.9. The lowest BCUT2D eigenvalue weighted by Gasteiger charge is -2.07. The Kier molecular flexibility index (Phi) is 2.41. The van der Waals surface area contributed by atoms with Crippen molar-refractivity contribution < 1.29 is 4.92 Å². The van der Waals surface area contributed by atoms with Gasteiger partial charge in [0.05, 0.1) is 15.9 Å². The average molecular weight is 227 g/mol. The molecule has 84 valence electrons. The lowest BCUT2D eigenvalue weighted by molar-refractivity contribution is -0.383. The first kappa shape index (κ1) is 10.9. The predicted molar refractivity (Wildman–Crippen MR) is 64.5 cm³/mol. The lowest BCUT2D eigenvalue weighted by atomic mass is 9.98. The average Bonchev–Trinajstić information content (AvgIpc) is 2.29. The standard InChI is InChI=1S/C12H9N3O2/c1-7-2-3-8(6-13)12-10(15(16)17)5-4-9(14)11(7)12/h2-5H,14H2,1H3. The molecule has 2 N–H and O–H groups in total. The topological polar surface area (TPSA) is 92.9 Å². The minimum absolute atomic E-state index is 0.0885. The highest BCUT2D eigenvalue weighted by atomic mass is 16.6. The van der Waals surface area contributed by atoms with Crippen LogP contribution >= 0.6 is 0 Å². The second-order valence-corrected chi connectivity index (χ2v) is 3.72. The second-order valence-electron chi connectivity index (χ2n) is 3.72. The summed E-state index contributed by atoms with van der Waals surface area (Å²) < 4.78 is 0. The van der Waals surface area contributed by atoms with Crippen molar-refractivity contribution in [1.29, 1.82) is 5.26 Å². The van der Waals surface area contributed by atoms with E-state index in [0.29, 0.717) is 16.5 Å². The molecule has 0 saturated heterocycles. The fourth-order valence-corrected chi connectivity index (χ4v) is 1.93.